The van der Waals surface area contributed by atoms with E-state index in [1.54, 1.807) is 12.1 Å². The molecule has 1 aromatic rings. The average molecular weight is 293 g/mol. The van der Waals surface area contributed by atoms with Crippen LogP contribution in [0.25, 0.3) is 0 Å². The standard InChI is InChI=1S/C14H19N3O4/c1-2-3-11(8-12(18)19)16-13(20)9-4-6-10(7-5-9)17-14(15)21/h4-7,11H,2-3,8H2,1H3,(H,16,20)(H,18,19)(H3,15,17,21). The molecule has 0 saturated carbocycles. The van der Waals surface area contributed by atoms with Crippen molar-refractivity contribution >= 4 is 23.6 Å². The summed E-state index contributed by atoms with van der Waals surface area (Å²) in [5.41, 5.74) is 5.85. The number of urea groups is 1. The van der Waals surface area contributed by atoms with Crippen molar-refractivity contribution in [3.05, 3.63) is 29.8 Å². The van der Waals surface area contributed by atoms with E-state index in [2.05, 4.69) is 10.6 Å². The highest BCUT2D eigenvalue weighted by molar-refractivity contribution is 5.95. The zero-order chi connectivity index (χ0) is 15.8. The van der Waals surface area contributed by atoms with Gasteiger partial charge in [-0.3, -0.25) is 9.59 Å². The number of carbonyl (C=O) groups is 3. The highest BCUT2D eigenvalue weighted by atomic mass is 16.4. The van der Waals surface area contributed by atoms with Crippen LogP contribution in [0.15, 0.2) is 24.3 Å². The molecule has 1 aromatic carbocycles. The van der Waals surface area contributed by atoms with Crippen molar-refractivity contribution < 1.29 is 19.5 Å². The van der Waals surface area contributed by atoms with E-state index in [1.165, 1.54) is 12.1 Å². The monoisotopic (exact) mass is 293 g/mol. The van der Waals surface area contributed by atoms with Crippen molar-refractivity contribution in [2.24, 2.45) is 5.73 Å². The second kappa shape index (κ2) is 7.88. The van der Waals surface area contributed by atoms with Crippen LogP contribution < -0.4 is 16.4 Å². The fourth-order valence-corrected chi connectivity index (χ4v) is 1.90. The molecule has 0 aliphatic rings. The van der Waals surface area contributed by atoms with Gasteiger partial charge in [-0.25, -0.2) is 4.79 Å². The maximum atomic E-state index is 12.0. The van der Waals surface area contributed by atoms with Crippen LogP contribution in [-0.4, -0.2) is 29.1 Å². The average Bonchev–Trinajstić information content (AvgIpc) is 2.38. The number of primary amides is 1. The topological polar surface area (TPSA) is 122 Å². The van der Waals surface area contributed by atoms with Crippen LogP contribution in [0.5, 0.6) is 0 Å². The lowest BCUT2D eigenvalue weighted by Crippen LogP contribution is -2.36. The smallest absolute Gasteiger partial charge is 0.316 e. The number of anilines is 1. The minimum absolute atomic E-state index is 0.110. The highest BCUT2D eigenvalue weighted by Gasteiger charge is 2.16. The first-order valence-electron chi connectivity index (χ1n) is 6.61. The van der Waals surface area contributed by atoms with Crippen molar-refractivity contribution in [2.75, 3.05) is 5.32 Å². The first-order valence-corrected chi connectivity index (χ1v) is 6.61. The number of hydrogen-bond donors (Lipinski definition) is 4. The number of aliphatic carboxylic acids is 1. The van der Waals surface area contributed by atoms with Crippen molar-refractivity contribution in [1.29, 1.82) is 0 Å². The summed E-state index contributed by atoms with van der Waals surface area (Å²) in [5, 5.41) is 13.9. The summed E-state index contributed by atoms with van der Waals surface area (Å²) in [7, 11) is 0. The Bertz CT molecular complexity index is 513. The van der Waals surface area contributed by atoms with E-state index < -0.39 is 18.0 Å². The second-order valence-corrected chi connectivity index (χ2v) is 4.62. The van der Waals surface area contributed by atoms with E-state index in [4.69, 9.17) is 10.8 Å². The van der Waals surface area contributed by atoms with Crippen LogP contribution >= 0.6 is 0 Å². The molecule has 0 aliphatic heterocycles. The van der Waals surface area contributed by atoms with E-state index in [9.17, 15) is 14.4 Å². The third-order valence-corrected chi connectivity index (χ3v) is 2.81. The molecular weight excluding hydrogens is 274 g/mol. The van der Waals surface area contributed by atoms with Crippen molar-refractivity contribution in [2.45, 2.75) is 32.2 Å². The first kappa shape index (κ1) is 16.5. The maximum Gasteiger partial charge on any atom is 0.316 e. The zero-order valence-electron chi connectivity index (χ0n) is 11.8. The fourth-order valence-electron chi connectivity index (χ4n) is 1.90. The summed E-state index contributed by atoms with van der Waals surface area (Å²) in [4.78, 5) is 33.5. The lowest BCUT2D eigenvalue weighted by Gasteiger charge is -2.16. The van der Waals surface area contributed by atoms with E-state index in [0.717, 1.165) is 6.42 Å². The van der Waals surface area contributed by atoms with Gasteiger partial charge in [-0.2, -0.15) is 0 Å². The summed E-state index contributed by atoms with van der Waals surface area (Å²) >= 11 is 0. The molecule has 1 rings (SSSR count). The largest absolute Gasteiger partial charge is 0.481 e. The lowest BCUT2D eigenvalue weighted by molar-refractivity contribution is -0.137. The van der Waals surface area contributed by atoms with Gasteiger partial charge < -0.3 is 21.5 Å². The summed E-state index contributed by atoms with van der Waals surface area (Å²) in [5.74, 6) is -1.30. The number of carboxylic acid groups (broad SMARTS) is 1. The van der Waals surface area contributed by atoms with E-state index in [1.807, 2.05) is 6.92 Å². The summed E-state index contributed by atoms with van der Waals surface area (Å²) in [6.07, 6.45) is 1.26. The van der Waals surface area contributed by atoms with Gasteiger partial charge in [-0.05, 0) is 30.7 Å². The van der Waals surface area contributed by atoms with Crippen LogP contribution in [0.3, 0.4) is 0 Å². The van der Waals surface area contributed by atoms with Gasteiger partial charge in [0, 0.05) is 17.3 Å². The predicted molar refractivity (Wildman–Crippen MR) is 78.1 cm³/mol. The van der Waals surface area contributed by atoms with E-state index in [-0.39, 0.29) is 12.3 Å². The molecule has 7 heteroatoms. The minimum atomic E-state index is -0.949. The van der Waals surface area contributed by atoms with Gasteiger partial charge in [0.1, 0.15) is 0 Å². The summed E-state index contributed by atoms with van der Waals surface area (Å²) in [6.45, 7) is 1.92. The number of hydrogen-bond acceptors (Lipinski definition) is 3. The Morgan fingerprint density at radius 3 is 2.33 bits per heavy atom. The normalized spacial score (nSPS) is 11.5. The number of nitrogens with two attached hydrogens (primary N) is 1. The van der Waals surface area contributed by atoms with Crippen molar-refractivity contribution in [1.82, 2.24) is 5.32 Å². The van der Waals surface area contributed by atoms with Gasteiger partial charge in [0.05, 0.1) is 6.42 Å². The molecule has 0 radical (unpaired) electrons. The Hall–Kier alpha value is -2.57. The Balaban J connectivity index is 2.68. The van der Waals surface area contributed by atoms with Crippen molar-refractivity contribution in [3.8, 4) is 0 Å². The van der Waals surface area contributed by atoms with Gasteiger partial charge in [0.25, 0.3) is 5.91 Å². The molecule has 0 bridgehead atoms. The SMILES string of the molecule is CCCC(CC(=O)O)NC(=O)c1ccc(NC(N)=O)cc1. The molecule has 0 saturated heterocycles. The fraction of sp³-hybridized carbons (Fsp3) is 0.357. The molecule has 1 atom stereocenters. The number of benzene rings is 1. The van der Waals surface area contributed by atoms with Crippen LogP contribution in [0.1, 0.15) is 36.5 Å². The molecule has 21 heavy (non-hydrogen) atoms. The molecule has 0 aromatic heterocycles. The molecule has 5 N–H and O–H groups in total. The maximum absolute atomic E-state index is 12.0. The first-order chi connectivity index (χ1) is 9.92. The summed E-state index contributed by atoms with van der Waals surface area (Å²) in [6, 6.07) is 5.08. The van der Waals surface area contributed by atoms with Crippen LogP contribution in [0, 0.1) is 0 Å². The zero-order valence-corrected chi connectivity index (χ0v) is 11.8. The lowest BCUT2D eigenvalue weighted by atomic mass is 10.1. The molecule has 0 fully saturated rings. The second-order valence-electron chi connectivity index (χ2n) is 4.62. The molecule has 1 unspecified atom stereocenters. The number of carbonyl (C=O) groups excluding carboxylic acids is 2. The van der Waals surface area contributed by atoms with Crippen LogP contribution in [-0.2, 0) is 4.79 Å². The quantitative estimate of drug-likeness (QED) is 0.609. The third-order valence-electron chi connectivity index (χ3n) is 2.81. The Kier molecular flexibility index (Phi) is 6.19. The van der Waals surface area contributed by atoms with Crippen LogP contribution in [0.2, 0.25) is 0 Å². The van der Waals surface area contributed by atoms with Gasteiger partial charge in [-0.15, -0.1) is 0 Å². The van der Waals surface area contributed by atoms with Gasteiger partial charge >= 0.3 is 12.0 Å². The number of nitrogens with one attached hydrogen (secondary N) is 2. The van der Waals surface area contributed by atoms with Crippen LogP contribution in [0.4, 0.5) is 10.5 Å². The van der Waals surface area contributed by atoms with E-state index >= 15 is 0 Å². The Morgan fingerprint density at radius 2 is 1.86 bits per heavy atom. The van der Waals surface area contributed by atoms with E-state index in [0.29, 0.717) is 17.7 Å². The molecular formula is C14H19N3O4. The molecule has 0 aliphatic carbocycles. The minimum Gasteiger partial charge on any atom is -0.481 e. The predicted octanol–water partition coefficient (Wildman–Crippen LogP) is 1.55. The Morgan fingerprint density at radius 1 is 1.24 bits per heavy atom. The molecule has 114 valence electrons. The van der Waals surface area contributed by atoms with Gasteiger partial charge in [-0.1, -0.05) is 13.3 Å². The molecule has 0 spiro atoms. The van der Waals surface area contributed by atoms with Gasteiger partial charge in [0.2, 0.25) is 0 Å². The Labute approximate surface area is 122 Å². The van der Waals surface area contributed by atoms with Crippen molar-refractivity contribution in [3.63, 3.8) is 0 Å². The molecule has 3 amide bonds. The highest BCUT2D eigenvalue weighted by Crippen LogP contribution is 2.10. The third kappa shape index (κ3) is 5.94. The number of amides is 3. The number of carboxylic acids is 1. The number of rotatable bonds is 7. The molecule has 7 nitrogen and oxygen atoms in total. The molecule has 0 heterocycles. The van der Waals surface area contributed by atoms with Gasteiger partial charge in [0.15, 0.2) is 0 Å². The summed E-state index contributed by atoms with van der Waals surface area (Å²) < 4.78 is 0.